The Morgan fingerprint density at radius 3 is 2.50 bits per heavy atom. The van der Waals surface area contributed by atoms with Gasteiger partial charge in [0.1, 0.15) is 5.75 Å². The maximum Gasteiger partial charge on any atom is 0.119 e. The second-order valence-corrected chi connectivity index (χ2v) is 5.32. The Hall–Kier alpha value is -1.47. The summed E-state index contributed by atoms with van der Waals surface area (Å²) in [6.45, 7) is 4.33. The molecule has 1 nitrogen and oxygen atoms in total. The molecule has 0 amide bonds. The highest BCUT2D eigenvalue weighted by molar-refractivity contribution is 6.22. The van der Waals surface area contributed by atoms with Crippen molar-refractivity contribution in [3.05, 3.63) is 64.7 Å². The molecule has 0 bridgehead atoms. The largest absolute Gasteiger partial charge is 0.497 e. The minimum absolute atomic E-state index is 0.133. The Morgan fingerprint density at radius 1 is 1.05 bits per heavy atom. The summed E-state index contributed by atoms with van der Waals surface area (Å²) in [5.74, 6) is 0.845. The first-order valence-electron chi connectivity index (χ1n) is 7.09. The molecule has 0 aromatic heterocycles. The molecule has 0 N–H and O–H groups in total. The van der Waals surface area contributed by atoms with Crippen molar-refractivity contribution in [3.63, 3.8) is 0 Å². The number of hydrogen-bond acceptors (Lipinski definition) is 1. The summed E-state index contributed by atoms with van der Waals surface area (Å²) in [5, 5.41) is -0.133. The lowest BCUT2D eigenvalue weighted by Gasteiger charge is -2.16. The molecule has 20 heavy (non-hydrogen) atoms. The summed E-state index contributed by atoms with van der Waals surface area (Å²) in [7, 11) is 1.68. The normalized spacial score (nSPS) is 12.2. The van der Waals surface area contributed by atoms with E-state index in [1.807, 2.05) is 18.2 Å². The van der Waals surface area contributed by atoms with Gasteiger partial charge in [-0.05, 0) is 47.2 Å². The van der Waals surface area contributed by atoms with Crippen molar-refractivity contribution in [2.45, 2.75) is 32.1 Å². The number of halogens is 1. The topological polar surface area (TPSA) is 9.23 Å². The molecule has 2 aromatic carbocycles. The van der Waals surface area contributed by atoms with Gasteiger partial charge in [0.2, 0.25) is 0 Å². The average molecular weight is 289 g/mol. The first-order chi connectivity index (χ1) is 9.69. The number of rotatable bonds is 5. The van der Waals surface area contributed by atoms with Crippen molar-refractivity contribution < 1.29 is 4.74 Å². The van der Waals surface area contributed by atoms with E-state index in [4.69, 9.17) is 16.3 Å². The molecule has 0 fully saturated rings. The van der Waals surface area contributed by atoms with Crippen LogP contribution in [0.25, 0.3) is 0 Å². The maximum absolute atomic E-state index is 6.72. The van der Waals surface area contributed by atoms with Crippen LogP contribution in [0.3, 0.4) is 0 Å². The standard InChI is InChI=1S/C18H21ClO/c1-4-13-9-10-14(5-2)17(11-13)18(19)15-7-6-8-16(12-15)20-3/h6-12,18H,4-5H2,1-3H3. The van der Waals surface area contributed by atoms with Gasteiger partial charge < -0.3 is 4.74 Å². The van der Waals surface area contributed by atoms with Crippen molar-refractivity contribution in [1.29, 1.82) is 0 Å². The number of hydrogen-bond donors (Lipinski definition) is 0. The van der Waals surface area contributed by atoms with Crippen LogP contribution in [0.4, 0.5) is 0 Å². The second kappa shape index (κ2) is 6.81. The van der Waals surface area contributed by atoms with Crippen molar-refractivity contribution in [1.82, 2.24) is 0 Å². The highest BCUT2D eigenvalue weighted by atomic mass is 35.5. The lowest BCUT2D eigenvalue weighted by Crippen LogP contribution is -2.00. The Bertz CT molecular complexity index is 577. The van der Waals surface area contributed by atoms with Crippen molar-refractivity contribution in [2.24, 2.45) is 0 Å². The summed E-state index contributed by atoms with van der Waals surface area (Å²) in [6, 6.07) is 14.6. The molecular formula is C18H21ClO. The monoisotopic (exact) mass is 288 g/mol. The molecule has 0 aliphatic rings. The number of methoxy groups -OCH3 is 1. The Labute approximate surface area is 126 Å². The predicted molar refractivity (Wildman–Crippen MR) is 85.9 cm³/mol. The number of alkyl halides is 1. The van der Waals surface area contributed by atoms with Gasteiger partial charge in [0, 0.05) is 0 Å². The molecule has 0 spiro atoms. The highest BCUT2D eigenvalue weighted by Crippen LogP contribution is 2.33. The molecule has 0 aliphatic carbocycles. The molecule has 0 saturated carbocycles. The van der Waals surface area contributed by atoms with Gasteiger partial charge in [-0.1, -0.05) is 44.2 Å². The van der Waals surface area contributed by atoms with Crippen LogP contribution in [0.15, 0.2) is 42.5 Å². The van der Waals surface area contributed by atoms with Gasteiger partial charge in [-0.15, -0.1) is 11.6 Å². The molecule has 0 radical (unpaired) electrons. The van der Waals surface area contributed by atoms with Crippen LogP contribution in [-0.4, -0.2) is 7.11 Å². The quantitative estimate of drug-likeness (QED) is 0.692. The Morgan fingerprint density at radius 2 is 1.85 bits per heavy atom. The van der Waals surface area contributed by atoms with Crippen LogP contribution < -0.4 is 4.74 Å². The van der Waals surface area contributed by atoms with Crippen LogP contribution >= 0.6 is 11.6 Å². The number of aryl methyl sites for hydroxylation is 2. The van der Waals surface area contributed by atoms with Gasteiger partial charge in [0.25, 0.3) is 0 Å². The smallest absolute Gasteiger partial charge is 0.119 e. The fraction of sp³-hybridized carbons (Fsp3) is 0.333. The van der Waals surface area contributed by atoms with Crippen LogP contribution in [0.5, 0.6) is 5.75 Å². The molecule has 0 saturated heterocycles. The summed E-state index contributed by atoms with van der Waals surface area (Å²) in [4.78, 5) is 0. The Kier molecular flexibility index (Phi) is 5.08. The van der Waals surface area contributed by atoms with E-state index in [1.54, 1.807) is 7.11 Å². The summed E-state index contributed by atoms with van der Waals surface area (Å²) >= 11 is 6.72. The summed E-state index contributed by atoms with van der Waals surface area (Å²) in [6.07, 6.45) is 2.02. The SMILES string of the molecule is CCc1ccc(CC)c(C(Cl)c2cccc(OC)c2)c1. The minimum Gasteiger partial charge on any atom is -0.497 e. The molecule has 2 rings (SSSR count). The first kappa shape index (κ1) is 14.9. The molecule has 2 heteroatoms. The van der Waals surface area contributed by atoms with E-state index in [0.29, 0.717) is 0 Å². The molecule has 2 aromatic rings. The molecule has 1 atom stereocenters. The van der Waals surface area contributed by atoms with Gasteiger partial charge >= 0.3 is 0 Å². The van der Waals surface area contributed by atoms with Crippen molar-refractivity contribution in [3.8, 4) is 5.75 Å². The van der Waals surface area contributed by atoms with E-state index < -0.39 is 0 Å². The molecule has 0 aliphatic heterocycles. The zero-order valence-electron chi connectivity index (χ0n) is 12.3. The minimum atomic E-state index is -0.133. The maximum atomic E-state index is 6.72. The third-order valence-corrected chi connectivity index (χ3v) is 4.15. The molecule has 106 valence electrons. The number of ether oxygens (including phenoxy) is 1. The number of benzene rings is 2. The van der Waals surface area contributed by atoms with E-state index in [-0.39, 0.29) is 5.38 Å². The Balaban J connectivity index is 2.42. The third kappa shape index (κ3) is 3.16. The first-order valence-corrected chi connectivity index (χ1v) is 7.53. The van der Waals surface area contributed by atoms with E-state index in [0.717, 1.165) is 24.2 Å². The lowest BCUT2D eigenvalue weighted by molar-refractivity contribution is 0.414. The fourth-order valence-corrected chi connectivity index (χ4v) is 2.74. The predicted octanol–water partition coefficient (Wildman–Crippen LogP) is 5.15. The lowest BCUT2D eigenvalue weighted by atomic mass is 9.95. The van der Waals surface area contributed by atoms with Crippen LogP contribution in [-0.2, 0) is 12.8 Å². The van der Waals surface area contributed by atoms with Crippen molar-refractivity contribution in [2.75, 3.05) is 7.11 Å². The van der Waals surface area contributed by atoms with E-state index in [2.05, 4.69) is 38.1 Å². The van der Waals surface area contributed by atoms with Gasteiger partial charge in [-0.2, -0.15) is 0 Å². The van der Waals surface area contributed by atoms with Gasteiger partial charge in [-0.3, -0.25) is 0 Å². The van der Waals surface area contributed by atoms with Gasteiger partial charge in [-0.25, -0.2) is 0 Å². The van der Waals surface area contributed by atoms with Gasteiger partial charge in [0.05, 0.1) is 12.5 Å². The zero-order valence-corrected chi connectivity index (χ0v) is 13.1. The van der Waals surface area contributed by atoms with Crippen LogP contribution in [0.1, 0.15) is 41.5 Å². The fourth-order valence-electron chi connectivity index (χ4n) is 2.40. The van der Waals surface area contributed by atoms with E-state index in [1.165, 1.54) is 16.7 Å². The van der Waals surface area contributed by atoms with E-state index >= 15 is 0 Å². The second-order valence-electron chi connectivity index (χ2n) is 4.88. The molecule has 0 heterocycles. The summed E-state index contributed by atoms with van der Waals surface area (Å²) in [5.41, 5.74) is 4.92. The average Bonchev–Trinajstić information content (AvgIpc) is 2.53. The molecular weight excluding hydrogens is 268 g/mol. The van der Waals surface area contributed by atoms with Crippen LogP contribution in [0.2, 0.25) is 0 Å². The summed E-state index contributed by atoms with van der Waals surface area (Å²) < 4.78 is 5.28. The zero-order chi connectivity index (χ0) is 14.5. The van der Waals surface area contributed by atoms with Gasteiger partial charge in [0.15, 0.2) is 0 Å². The van der Waals surface area contributed by atoms with Crippen LogP contribution in [0, 0.1) is 0 Å². The van der Waals surface area contributed by atoms with E-state index in [9.17, 15) is 0 Å². The highest BCUT2D eigenvalue weighted by Gasteiger charge is 2.15. The van der Waals surface area contributed by atoms with Crippen molar-refractivity contribution >= 4 is 11.6 Å². The third-order valence-electron chi connectivity index (χ3n) is 3.66. The molecule has 1 unspecified atom stereocenters.